The summed E-state index contributed by atoms with van der Waals surface area (Å²) in [6.07, 6.45) is 6.70. The number of nitrogens with zero attached hydrogens (tertiary/aromatic N) is 1. The zero-order valence-corrected chi connectivity index (χ0v) is 18.1. The number of hydrogen-bond donors (Lipinski definition) is 3. The summed E-state index contributed by atoms with van der Waals surface area (Å²) < 4.78 is 6.18. The highest BCUT2D eigenvalue weighted by Gasteiger charge is 2.52. The summed E-state index contributed by atoms with van der Waals surface area (Å²) in [6.45, 7) is 0. The van der Waals surface area contributed by atoms with Crippen LogP contribution in [0.4, 0.5) is 0 Å². The van der Waals surface area contributed by atoms with Gasteiger partial charge in [0.05, 0.1) is 23.9 Å². The minimum Gasteiger partial charge on any atom is -0.390 e. The fraction of sp³-hybridized carbons (Fsp3) is 0.346. The van der Waals surface area contributed by atoms with Crippen LogP contribution in [0.3, 0.4) is 0 Å². The van der Waals surface area contributed by atoms with Crippen LogP contribution in [0.5, 0.6) is 0 Å². The van der Waals surface area contributed by atoms with Gasteiger partial charge in [0.15, 0.2) is 11.2 Å². The predicted molar refractivity (Wildman–Crippen MR) is 122 cm³/mol. The molecule has 3 N–H and O–H groups in total. The Morgan fingerprint density at radius 2 is 2.03 bits per heavy atom. The van der Waals surface area contributed by atoms with E-state index >= 15 is 0 Å². The Kier molecular flexibility index (Phi) is 5.70. The number of hydrogen-bond acceptors (Lipinski definition) is 6. The summed E-state index contributed by atoms with van der Waals surface area (Å²) in [4.78, 5) is 33.3. The molecule has 170 valence electrons. The Balaban J connectivity index is 1.42. The molecule has 2 aliphatic rings. The molecule has 5 rings (SSSR count). The average Bonchev–Trinajstić information content (AvgIpc) is 3.22. The minimum atomic E-state index is -1.20. The van der Waals surface area contributed by atoms with E-state index in [1.165, 1.54) is 6.20 Å². The molecule has 1 saturated heterocycles. The Bertz CT molecular complexity index is 1220. The van der Waals surface area contributed by atoms with E-state index in [2.05, 4.69) is 9.97 Å². The van der Waals surface area contributed by atoms with Gasteiger partial charge in [-0.3, -0.25) is 14.6 Å². The summed E-state index contributed by atoms with van der Waals surface area (Å²) in [6, 6.07) is 11.0. The molecule has 1 aliphatic carbocycles. The van der Waals surface area contributed by atoms with Gasteiger partial charge in [0.25, 0.3) is 0 Å². The molecule has 0 radical (unpaired) electrons. The zero-order chi connectivity index (χ0) is 23.0. The number of H-pyrrole nitrogens is 1. The normalized spacial score (nSPS) is 26.7. The molecule has 0 unspecified atom stereocenters. The SMILES string of the molecule is O=C(Cc1cnccc1[C@H]1C[C@@H](O)[C@@]2(O)CCC[C@H]2O1)c1c[nH]cc(-c2ccccc2)c1=O. The highest BCUT2D eigenvalue weighted by atomic mass is 16.5. The van der Waals surface area contributed by atoms with Crippen molar-refractivity contribution in [1.82, 2.24) is 9.97 Å². The monoisotopic (exact) mass is 446 g/mol. The van der Waals surface area contributed by atoms with Crippen LogP contribution in [0.25, 0.3) is 11.1 Å². The number of aliphatic hydroxyl groups excluding tert-OH is 1. The van der Waals surface area contributed by atoms with Gasteiger partial charge in [-0.2, -0.15) is 0 Å². The third-order valence-corrected chi connectivity index (χ3v) is 6.91. The van der Waals surface area contributed by atoms with E-state index < -0.39 is 23.9 Å². The Morgan fingerprint density at radius 1 is 1.21 bits per heavy atom. The molecule has 7 nitrogen and oxygen atoms in total. The Morgan fingerprint density at radius 3 is 2.85 bits per heavy atom. The first-order valence-corrected chi connectivity index (χ1v) is 11.3. The number of nitrogens with one attached hydrogen (secondary N) is 1. The summed E-state index contributed by atoms with van der Waals surface area (Å²) in [5, 5.41) is 21.4. The second-order valence-electron chi connectivity index (χ2n) is 8.90. The van der Waals surface area contributed by atoms with Crippen LogP contribution in [0, 0.1) is 0 Å². The van der Waals surface area contributed by atoms with Crippen LogP contribution >= 0.6 is 0 Å². The van der Waals surface area contributed by atoms with Crippen molar-refractivity contribution < 1.29 is 19.7 Å². The van der Waals surface area contributed by atoms with Crippen LogP contribution in [-0.4, -0.2) is 43.8 Å². The summed E-state index contributed by atoms with van der Waals surface area (Å²) in [7, 11) is 0. The molecule has 2 aromatic heterocycles. The highest BCUT2D eigenvalue weighted by molar-refractivity contribution is 5.98. The molecule has 0 spiro atoms. The van der Waals surface area contributed by atoms with E-state index in [9.17, 15) is 19.8 Å². The van der Waals surface area contributed by atoms with Crippen molar-refractivity contribution in [3.05, 3.63) is 88.1 Å². The van der Waals surface area contributed by atoms with Gasteiger partial charge in [-0.1, -0.05) is 30.3 Å². The van der Waals surface area contributed by atoms with Gasteiger partial charge in [0, 0.05) is 43.2 Å². The molecule has 4 atom stereocenters. The summed E-state index contributed by atoms with van der Waals surface area (Å²) >= 11 is 0. The minimum absolute atomic E-state index is 0.0185. The molecule has 33 heavy (non-hydrogen) atoms. The van der Waals surface area contributed by atoms with Gasteiger partial charge in [-0.15, -0.1) is 0 Å². The van der Waals surface area contributed by atoms with E-state index in [-0.39, 0.29) is 29.6 Å². The van der Waals surface area contributed by atoms with Gasteiger partial charge in [-0.25, -0.2) is 0 Å². The highest BCUT2D eigenvalue weighted by Crippen LogP contribution is 2.45. The van der Waals surface area contributed by atoms with E-state index in [4.69, 9.17) is 4.74 Å². The largest absolute Gasteiger partial charge is 0.390 e. The number of ether oxygens (including phenoxy) is 1. The standard InChI is InChI=1S/C26H26N2O5/c29-21(20-15-28-14-19(25(20)31)16-5-2-1-3-6-16)11-17-13-27-10-8-18(17)22-12-23(30)26(32)9-4-7-24(26)33-22/h1-3,5-6,8,10,13-15,22-24,30,32H,4,7,9,11-12H2,(H,28,31)/t22-,23-,24-,26+/m1/s1. The molecule has 1 aromatic carbocycles. The smallest absolute Gasteiger partial charge is 0.200 e. The lowest BCUT2D eigenvalue weighted by atomic mass is 9.83. The molecular formula is C26H26N2O5. The molecule has 7 heteroatoms. The maximum absolute atomic E-state index is 13.2. The van der Waals surface area contributed by atoms with Crippen molar-refractivity contribution in [2.75, 3.05) is 0 Å². The maximum atomic E-state index is 13.2. The molecular weight excluding hydrogens is 420 g/mol. The molecule has 1 saturated carbocycles. The quantitative estimate of drug-likeness (QED) is 0.520. The van der Waals surface area contributed by atoms with Gasteiger partial charge in [0.1, 0.15) is 5.60 Å². The fourth-order valence-corrected chi connectivity index (χ4v) is 5.10. The molecule has 2 fully saturated rings. The first-order chi connectivity index (χ1) is 16.0. The van der Waals surface area contributed by atoms with Crippen molar-refractivity contribution in [3.63, 3.8) is 0 Å². The number of aromatic nitrogens is 2. The molecule has 3 aromatic rings. The van der Waals surface area contributed by atoms with Crippen molar-refractivity contribution in [1.29, 1.82) is 0 Å². The Labute approximate surface area is 191 Å². The molecule has 3 heterocycles. The van der Waals surface area contributed by atoms with Crippen molar-refractivity contribution >= 4 is 5.78 Å². The summed E-state index contributed by atoms with van der Waals surface area (Å²) in [5.74, 6) is -0.322. The van der Waals surface area contributed by atoms with E-state index in [1.54, 1.807) is 24.7 Å². The lowest BCUT2D eigenvalue weighted by molar-refractivity contribution is -0.215. The van der Waals surface area contributed by atoms with Crippen LogP contribution < -0.4 is 5.43 Å². The van der Waals surface area contributed by atoms with Crippen molar-refractivity contribution in [2.24, 2.45) is 0 Å². The van der Waals surface area contributed by atoms with E-state index in [1.807, 2.05) is 30.3 Å². The van der Waals surface area contributed by atoms with Crippen molar-refractivity contribution in [3.8, 4) is 11.1 Å². The fourth-order valence-electron chi connectivity index (χ4n) is 5.10. The second kappa shape index (κ2) is 8.67. The number of ketones is 1. The lowest BCUT2D eigenvalue weighted by Crippen LogP contribution is -2.54. The van der Waals surface area contributed by atoms with Crippen LogP contribution in [0.1, 0.15) is 53.3 Å². The second-order valence-corrected chi connectivity index (χ2v) is 8.90. The van der Waals surface area contributed by atoms with Crippen LogP contribution in [0.2, 0.25) is 0 Å². The first-order valence-electron chi connectivity index (χ1n) is 11.3. The number of aliphatic hydroxyl groups is 2. The predicted octanol–water partition coefficient (Wildman–Crippen LogP) is 2.97. The van der Waals surface area contributed by atoms with E-state index in [0.717, 1.165) is 17.5 Å². The third-order valence-electron chi connectivity index (χ3n) is 6.91. The lowest BCUT2D eigenvalue weighted by Gasteiger charge is -2.43. The number of pyridine rings is 2. The maximum Gasteiger partial charge on any atom is 0.200 e. The molecule has 0 bridgehead atoms. The number of Topliss-reactive ketones (excluding diaryl/α,β-unsaturated/α-hetero) is 1. The van der Waals surface area contributed by atoms with Crippen molar-refractivity contribution in [2.45, 2.75) is 56.0 Å². The number of carbonyl (C=O) groups is 1. The van der Waals surface area contributed by atoms with Crippen LogP contribution in [-0.2, 0) is 11.2 Å². The zero-order valence-electron chi connectivity index (χ0n) is 18.1. The van der Waals surface area contributed by atoms with E-state index in [0.29, 0.717) is 24.0 Å². The Hall–Kier alpha value is -3.13. The van der Waals surface area contributed by atoms with Gasteiger partial charge in [0.2, 0.25) is 0 Å². The third kappa shape index (κ3) is 3.93. The summed E-state index contributed by atoms with van der Waals surface area (Å²) in [5.41, 5.74) is 1.13. The molecule has 0 amide bonds. The van der Waals surface area contributed by atoms with Gasteiger partial charge >= 0.3 is 0 Å². The van der Waals surface area contributed by atoms with Gasteiger partial charge < -0.3 is 19.9 Å². The number of fused-ring (bicyclic) bond motifs is 1. The topological polar surface area (TPSA) is 113 Å². The van der Waals surface area contributed by atoms with Crippen LogP contribution in [0.15, 0.2) is 66.0 Å². The molecule has 1 aliphatic heterocycles. The average molecular weight is 447 g/mol. The number of rotatable bonds is 5. The van der Waals surface area contributed by atoms with Gasteiger partial charge in [-0.05, 0) is 42.0 Å². The number of carbonyl (C=O) groups excluding carboxylic acids is 1. The number of aromatic amines is 1. The first kappa shape index (κ1) is 21.7. The number of benzene rings is 1.